The summed E-state index contributed by atoms with van der Waals surface area (Å²) in [6.07, 6.45) is 0.933. The Balaban J connectivity index is 0.00000128. The minimum Gasteiger partial charge on any atom is -0.326 e. The van der Waals surface area contributed by atoms with E-state index in [2.05, 4.69) is 26.6 Å². The maximum absolute atomic E-state index is 11.7. The Labute approximate surface area is 110 Å². The maximum atomic E-state index is 11.7. The van der Waals surface area contributed by atoms with Gasteiger partial charge in [-0.25, -0.2) is 0 Å². The fraction of sp³-hybridized carbons (Fsp3) is 0.364. The van der Waals surface area contributed by atoms with E-state index in [4.69, 9.17) is 0 Å². The molecule has 5 heteroatoms. The summed E-state index contributed by atoms with van der Waals surface area (Å²) in [6.45, 7) is 1.74. The van der Waals surface area contributed by atoms with Crippen molar-refractivity contribution in [2.75, 3.05) is 18.4 Å². The van der Waals surface area contributed by atoms with Gasteiger partial charge in [0, 0.05) is 16.7 Å². The van der Waals surface area contributed by atoms with E-state index in [0.717, 1.165) is 29.7 Å². The van der Waals surface area contributed by atoms with E-state index in [0.29, 0.717) is 0 Å². The van der Waals surface area contributed by atoms with Gasteiger partial charge >= 0.3 is 0 Å². The molecule has 1 aromatic rings. The molecule has 1 atom stereocenters. The Hall–Kier alpha value is -0.580. The maximum Gasteiger partial charge on any atom is 0.228 e. The molecule has 2 rings (SSSR count). The second-order valence-electron chi connectivity index (χ2n) is 3.69. The van der Waals surface area contributed by atoms with Crippen molar-refractivity contribution in [3.63, 3.8) is 0 Å². The number of carbonyl (C=O) groups excluding carboxylic acids is 1. The number of benzene rings is 1. The molecule has 1 fully saturated rings. The zero-order valence-corrected chi connectivity index (χ0v) is 11.1. The van der Waals surface area contributed by atoms with Gasteiger partial charge in [0.15, 0.2) is 0 Å². The predicted octanol–water partition coefficient (Wildman–Crippen LogP) is 2.42. The Bertz CT molecular complexity index is 350. The van der Waals surface area contributed by atoms with Crippen LogP contribution < -0.4 is 10.6 Å². The minimum absolute atomic E-state index is 0. The van der Waals surface area contributed by atoms with Gasteiger partial charge in [-0.15, -0.1) is 12.4 Å². The Kier molecular flexibility index (Phi) is 5.25. The lowest BCUT2D eigenvalue weighted by molar-refractivity contribution is -0.119. The quantitative estimate of drug-likeness (QED) is 0.881. The molecule has 0 aromatic heterocycles. The van der Waals surface area contributed by atoms with E-state index in [1.807, 2.05) is 24.3 Å². The van der Waals surface area contributed by atoms with Gasteiger partial charge in [0.2, 0.25) is 5.91 Å². The van der Waals surface area contributed by atoms with Gasteiger partial charge < -0.3 is 10.6 Å². The van der Waals surface area contributed by atoms with Crippen molar-refractivity contribution in [3.8, 4) is 0 Å². The van der Waals surface area contributed by atoms with Crippen molar-refractivity contribution in [2.24, 2.45) is 5.92 Å². The number of amides is 1. The lowest BCUT2D eigenvalue weighted by Crippen LogP contribution is -2.24. The van der Waals surface area contributed by atoms with Gasteiger partial charge in [-0.2, -0.15) is 0 Å². The molecule has 0 saturated carbocycles. The number of rotatable bonds is 2. The van der Waals surface area contributed by atoms with Crippen LogP contribution in [0.2, 0.25) is 0 Å². The third-order valence-electron chi connectivity index (χ3n) is 2.54. The second-order valence-corrected chi connectivity index (χ2v) is 4.60. The summed E-state index contributed by atoms with van der Waals surface area (Å²) in [6, 6.07) is 7.62. The van der Waals surface area contributed by atoms with Crippen LogP contribution in [0.3, 0.4) is 0 Å². The zero-order chi connectivity index (χ0) is 10.7. The van der Waals surface area contributed by atoms with Crippen molar-refractivity contribution in [1.29, 1.82) is 0 Å². The van der Waals surface area contributed by atoms with Crippen LogP contribution in [0, 0.1) is 5.92 Å². The highest BCUT2D eigenvalue weighted by Crippen LogP contribution is 2.16. The second kappa shape index (κ2) is 6.23. The van der Waals surface area contributed by atoms with E-state index >= 15 is 0 Å². The van der Waals surface area contributed by atoms with E-state index < -0.39 is 0 Å². The summed E-state index contributed by atoms with van der Waals surface area (Å²) in [5, 5.41) is 6.09. The van der Waals surface area contributed by atoms with Gasteiger partial charge in [-0.3, -0.25) is 4.79 Å². The Morgan fingerprint density at radius 2 is 2.06 bits per heavy atom. The summed E-state index contributed by atoms with van der Waals surface area (Å²) in [5.74, 6) is 0.232. The average molecular weight is 306 g/mol. The molecule has 88 valence electrons. The van der Waals surface area contributed by atoms with Gasteiger partial charge in [0.1, 0.15) is 0 Å². The molecule has 1 aliphatic heterocycles. The van der Waals surface area contributed by atoms with Crippen LogP contribution >= 0.6 is 28.3 Å². The monoisotopic (exact) mass is 304 g/mol. The third kappa shape index (κ3) is 3.47. The number of anilines is 1. The highest BCUT2D eigenvalue weighted by Gasteiger charge is 2.22. The summed E-state index contributed by atoms with van der Waals surface area (Å²) in [5.41, 5.74) is 0.857. The molecule has 16 heavy (non-hydrogen) atoms. The topological polar surface area (TPSA) is 41.1 Å². The molecule has 1 aliphatic rings. The first kappa shape index (κ1) is 13.5. The van der Waals surface area contributed by atoms with Gasteiger partial charge in [-0.05, 0) is 37.2 Å². The first-order chi connectivity index (χ1) is 7.25. The van der Waals surface area contributed by atoms with Crippen molar-refractivity contribution >= 4 is 39.9 Å². The highest BCUT2D eigenvalue weighted by atomic mass is 79.9. The van der Waals surface area contributed by atoms with Crippen molar-refractivity contribution in [3.05, 3.63) is 28.7 Å². The summed E-state index contributed by atoms with van der Waals surface area (Å²) >= 11 is 3.36. The number of carbonyl (C=O) groups is 1. The van der Waals surface area contributed by atoms with Crippen LogP contribution in [-0.4, -0.2) is 19.0 Å². The van der Waals surface area contributed by atoms with Crippen LogP contribution in [-0.2, 0) is 4.79 Å². The molecule has 3 nitrogen and oxygen atoms in total. The normalized spacial score (nSPS) is 18.9. The Morgan fingerprint density at radius 1 is 1.38 bits per heavy atom. The lowest BCUT2D eigenvalue weighted by Gasteiger charge is -2.09. The molecular formula is C11H14BrClN2O. The van der Waals surface area contributed by atoms with E-state index in [1.54, 1.807) is 0 Å². The summed E-state index contributed by atoms with van der Waals surface area (Å²) in [7, 11) is 0. The number of halogens is 2. The third-order valence-corrected chi connectivity index (χ3v) is 3.07. The smallest absolute Gasteiger partial charge is 0.228 e. The van der Waals surface area contributed by atoms with Crippen molar-refractivity contribution in [2.45, 2.75) is 6.42 Å². The molecule has 0 bridgehead atoms. The van der Waals surface area contributed by atoms with Crippen molar-refractivity contribution in [1.82, 2.24) is 5.32 Å². The van der Waals surface area contributed by atoms with E-state index in [-0.39, 0.29) is 24.2 Å². The molecule has 1 saturated heterocycles. The molecule has 0 radical (unpaired) electrons. The molecule has 1 amide bonds. The number of nitrogens with one attached hydrogen (secondary N) is 2. The minimum atomic E-state index is 0. The first-order valence-corrected chi connectivity index (χ1v) is 5.82. The molecule has 1 aromatic carbocycles. The average Bonchev–Trinajstić information content (AvgIpc) is 2.74. The summed E-state index contributed by atoms with van der Waals surface area (Å²) in [4.78, 5) is 11.7. The van der Waals surface area contributed by atoms with Crippen LogP contribution in [0.1, 0.15) is 6.42 Å². The number of hydrogen-bond donors (Lipinski definition) is 2. The fourth-order valence-electron chi connectivity index (χ4n) is 1.66. The molecule has 0 spiro atoms. The van der Waals surface area contributed by atoms with Gasteiger partial charge in [-0.1, -0.05) is 15.9 Å². The van der Waals surface area contributed by atoms with Gasteiger partial charge in [0.05, 0.1) is 5.92 Å². The zero-order valence-electron chi connectivity index (χ0n) is 8.70. The van der Waals surface area contributed by atoms with E-state index in [9.17, 15) is 4.79 Å². The van der Waals surface area contributed by atoms with Crippen LogP contribution in [0.15, 0.2) is 28.7 Å². The largest absolute Gasteiger partial charge is 0.326 e. The SMILES string of the molecule is Cl.O=C(Nc1ccc(Br)cc1)C1CCNC1. The van der Waals surface area contributed by atoms with E-state index in [1.165, 1.54) is 0 Å². The van der Waals surface area contributed by atoms with Crippen molar-refractivity contribution < 1.29 is 4.79 Å². The van der Waals surface area contributed by atoms with Crippen LogP contribution in [0.4, 0.5) is 5.69 Å². The predicted molar refractivity (Wildman–Crippen MR) is 71.0 cm³/mol. The first-order valence-electron chi connectivity index (χ1n) is 5.03. The van der Waals surface area contributed by atoms with Crippen LogP contribution in [0.5, 0.6) is 0 Å². The van der Waals surface area contributed by atoms with Crippen LogP contribution in [0.25, 0.3) is 0 Å². The molecule has 1 heterocycles. The molecular weight excluding hydrogens is 291 g/mol. The molecule has 2 N–H and O–H groups in total. The highest BCUT2D eigenvalue weighted by molar-refractivity contribution is 9.10. The molecule has 0 aliphatic carbocycles. The molecule has 1 unspecified atom stereocenters. The van der Waals surface area contributed by atoms with Gasteiger partial charge in [0.25, 0.3) is 0 Å². The lowest BCUT2D eigenvalue weighted by atomic mass is 10.1. The Morgan fingerprint density at radius 3 is 2.62 bits per heavy atom. The standard InChI is InChI=1S/C11H13BrN2O.ClH/c12-9-1-3-10(4-2-9)14-11(15)8-5-6-13-7-8;/h1-4,8,13H,5-7H2,(H,14,15);1H. The number of hydrogen-bond acceptors (Lipinski definition) is 2. The fourth-order valence-corrected chi connectivity index (χ4v) is 1.92. The summed E-state index contributed by atoms with van der Waals surface area (Å²) < 4.78 is 1.02.